The Bertz CT molecular complexity index is 934. The molecule has 7 heteroatoms. The normalized spacial score (nSPS) is 12.0. The van der Waals surface area contributed by atoms with Crippen LogP contribution >= 0.6 is 38.5 Å². The molecule has 0 fully saturated rings. The van der Waals surface area contributed by atoms with Crippen molar-refractivity contribution in [3.63, 3.8) is 0 Å². The Morgan fingerprint density at radius 3 is 2.57 bits per heavy atom. The quantitative estimate of drug-likeness (QED) is 0.415. The van der Waals surface area contributed by atoms with Crippen molar-refractivity contribution >= 4 is 59.4 Å². The van der Waals surface area contributed by atoms with Gasteiger partial charge in [-0.25, -0.2) is 17.4 Å². The van der Waals surface area contributed by atoms with Crippen LogP contribution in [0.3, 0.4) is 0 Å². The van der Waals surface area contributed by atoms with E-state index in [0.29, 0.717) is 10.1 Å². The molecular weight excluding hydrogens is 467 g/mol. The van der Waals surface area contributed by atoms with Crippen molar-refractivity contribution in [3.8, 4) is 0 Å². The number of rotatable bonds is 2. The third-order valence-electron chi connectivity index (χ3n) is 3.15. The lowest BCUT2D eigenvalue weighted by atomic mass is 10.2. The summed E-state index contributed by atoms with van der Waals surface area (Å²) in [7, 11) is -3.62. The van der Waals surface area contributed by atoms with Gasteiger partial charge in [-0.2, -0.15) is 0 Å². The first kappa shape index (κ1) is 15.0. The summed E-state index contributed by atoms with van der Waals surface area (Å²) in [5.41, 5.74) is 1.63. The molecule has 0 aliphatic heterocycles. The van der Waals surface area contributed by atoms with Crippen molar-refractivity contribution < 1.29 is 8.42 Å². The highest BCUT2D eigenvalue weighted by atomic mass is 127. The molecule has 2 heterocycles. The zero-order valence-corrected chi connectivity index (χ0v) is 15.5. The lowest BCUT2D eigenvalue weighted by Crippen LogP contribution is -2.11. The SMILES string of the molecule is Cc1ccc(S(=O)(=O)n2cc(I)c3cnc(Br)cc32)cc1. The van der Waals surface area contributed by atoms with Gasteiger partial charge in [-0.1, -0.05) is 17.7 Å². The first-order chi connectivity index (χ1) is 9.89. The molecule has 3 aromatic rings. The molecule has 0 aliphatic rings. The van der Waals surface area contributed by atoms with Crippen molar-refractivity contribution in [3.05, 3.63) is 56.5 Å². The molecule has 0 aliphatic carbocycles. The summed E-state index contributed by atoms with van der Waals surface area (Å²) in [4.78, 5) is 4.42. The number of hydrogen-bond donors (Lipinski definition) is 0. The molecule has 0 N–H and O–H groups in total. The molecule has 21 heavy (non-hydrogen) atoms. The number of aromatic nitrogens is 2. The highest BCUT2D eigenvalue weighted by Gasteiger charge is 2.20. The molecule has 0 spiro atoms. The number of fused-ring (bicyclic) bond motifs is 1. The summed E-state index contributed by atoms with van der Waals surface area (Å²) in [6.45, 7) is 1.92. The van der Waals surface area contributed by atoms with E-state index >= 15 is 0 Å². The molecule has 0 bridgehead atoms. The Kier molecular flexibility index (Phi) is 3.83. The molecular formula is C14H10BrIN2O2S. The van der Waals surface area contributed by atoms with E-state index < -0.39 is 10.0 Å². The Balaban J connectivity index is 2.28. The van der Waals surface area contributed by atoms with Crippen LogP contribution in [0, 0.1) is 10.5 Å². The molecule has 108 valence electrons. The van der Waals surface area contributed by atoms with E-state index in [1.165, 1.54) is 3.97 Å². The van der Waals surface area contributed by atoms with Crippen molar-refractivity contribution in [1.29, 1.82) is 0 Å². The third-order valence-corrected chi connectivity index (χ3v) is 6.13. The Labute approximate surface area is 144 Å². The van der Waals surface area contributed by atoms with Crippen molar-refractivity contribution in [2.75, 3.05) is 0 Å². The lowest BCUT2D eigenvalue weighted by molar-refractivity contribution is 0.589. The van der Waals surface area contributed by atoms with Gasteiger partial charge in [-0.3, -0.25) is 0 Å². The molecule has 0 saturated carbocycles. The van der Waals surface area contributed by atoms with E-state index in [2.05, 4.69) is 43.5 Å². The molecule has 0 atom stereocenters. The van der Waals surface area contributed by atoms with Gasteiger partial charge in [0, 0.05) is 21.4 Å². The molecule has 0 unspecified atom stereocenters. The van der Waals surface area contributed by atoms with Crippen molar-refractivity contribution in [2.24, 2.45) is 0 Å². The number of hydrogen-bond acceptors (Lipinski definition) is 3. The minimum Gasteiger partial charge on any atom is -0.249 e. The second kappa shape index (κ2) is 5.36. The van der Waals surface area contributed by atoms with Crippen molar-refractivity contribution in [1.82, 2.24) is 8.96 Å². The number of benzene rings is 1. The molecule has 4 nitrogen and oxygen atoms in total. The van der Waals surface area contributed by atoms with Crippen LogP contribution in [0.4, 0.5) is 0 Å². The van der Waals surface area contributed by atoms with Crippen LogP contribution in [0.2, 0.25) is 0 Å². The van der Waals surface area contributed by atoms with Crippen LogP contribution in [0.15, 0.2) is 52.2 Å². The highest BCUT2D eigenvalue weighted by Crippen LogP contribution is 2.28. The van der Waals surface area contributed by atoms with Crippen LogP contribution in [-0.2, 0) is 10.0 Å². The molecule has 0 saturated heterocycles. The van der Waals surface area contributed by atoms with Crippen LogP contribution in [0.5, 0.6) is 0 Å². The largest absolute Gasteiger partial charge is 0.268 e. The van der Waals surface area contributed by atoms with Gasteiger partial charge in [0.1, 0.15) is 4.60 Å². The molecule has 3 rings (SSSR count). The second-order valence-electron chi connectivity index (χ2n) is 4.62. The Morgan fingerprint density at radius 2 is 1.90 bits per heavy atom. The maximum absolute atomic E-state index is 12.8. The fourth-order valence-corrected chi connectivity index (χ4v) is 4.61. The average Bonchev–Trinajstić information content (AvgIpc) is 2.76. The predicted molar refractivity (Wildman–Crippen MR) is 93.9 cm³/mol. The first-order valence-corrected chi connectivity index (χ1v) is 9.35. The summed E-state index contributed by atoms with van der Waals surface area (Å²) < 4.78 is 28.4. The van der Waals surface area contributed by atoms with Crippen LogP contribution in [0.25, 0.3) is 10.9 Å². The summed E-state index contributed by atoms with van der Waals surface area (Å²) in [5, 5.41) is 0.814. The van der Waals surface area contributed by atoms with Gasteiger partial charge in [0.05, 0.1) is 10.4 Å². The van der Waals surface area contributed by atoms with E-state index in [1.54, 1.807) is 42.7 Å². The van der Waals surface area contributed by atoms with Gasteiger partial charge in [0.15, 0.2) is 0 Å². The third kappa shape index (κ3) is 2.62. The number of pyridine rings is 1. The van der Waals surface area contributed by atoms with Crippen LogP contribution in [0.1, 0.15) is 5.56 Å². The molecule has 0 amide bonds. The maximum Gasteiger partial charge on any atom is 0.268 e. The van der Waals surface area contributed by atoms with Gasteiger partial charge < -0.3 is 0 Å². The van der Waals surface area contributed by atoms with Gasteiger partial charge in [-0.15, -0.1) is 0 Å². The fraction of sp³-hybridized carbons (Fsp3) is 0.0714. The number of nitrogens with zero attached hydrogens (tertiary/aromatic N) is 2. The van der Waals surface area contributed by atoms with E-state index in [0.717, 1.165) is 14.5 Å². The minimum absolute atomic E-state index is 0.273. The molecule has 2 aromatic heterocycles. The topological polar surface area (TPSA) is 52.0 Å². The van der Waals surface area contributed by atoms with Gasteiger partial charge >= 0.3 is 0 Å². The first-order valence-electron chi connectivity index (χ1n) is 6.04. The monoisotopic (exact) mass is 476 g/mol. The van der Waals surface area contributed by atoms with E-state index in [1.807, 2.05) is 6.92 Å². The zero-order valence-electron chi connectivity index (χ0n) is 10.9. The van der Waals surface area contributed by atoms with Crippen LogP contribution < -0.4 is 0 Å². The minimum atomic E-state index is -3.62. The van der Waals surface area contributed by atoms with Gasteiger partial charge in [0.25, 0.3) is 10.0 Å². The fourth-order valence-electron chi connectivity index (χ4n) is 2.05. The van der Waals surface area contributed by atoms with E-state index in [4.69, 9.17) is 0 Å². The standard InChI is InChI=1S/C14H10BrIN2O2S/c1-9-2-4-10(5-3-9)21(19,20)18-8-12(16)11-7-17-14(15)6-13(11)18/h2-8H,1H3. The Morgan fingerprint density at radius 1 is 1.24 bits per heavy atom. The highest BCUT2D eigenvalue weighted by molar-refractivity contribution is 14.1. The summed E-state index contributed by atoms with van der Waals surface area (Å²) in [5.74, 6) is 0. The number of halogens is 2. The van der Waals surface area contributed by atoms with E-state index in [-0.39, 0.29) is 4.90 Å². The van der Waals surface area contributed by atoms with Crippen LogP contribution in [-0.4, -0.2) is 17.4 Å². The summed E-state index contributed by atoms with van der Waals surface area (Å²) >= 11 is 5.40. The maximum atomic E-state index is 12.8. The summed E-state index contributed by atoms with van der Waals surface area (Å²) in [6, 6.07) is 8.55. The van der Waals surface area contributed by atoms with Crippen molar-refractivity contribution in [2.45, 2.75) is 11.8 Å². The zero-order chi connectivity index (χ0) is 15.2. The average molecular weight is 477 g/mol. The smallest absolute Gasteiger partial charge is 0.249 e. The molecule has 0 radical (unpaired) electrons. The summed E-state index contributed by atoms with van der Waals surface area (Å²) in [6.07, 6.45) is 3.29. The Hall–Kier alpha value is -0.930. The predicted octanol–water partition coefficient (Wildman–Crippen LogP) is 3.95. The molecule has 1 aromatic carbocycles. The van der Waals surface area contributed by atoms with Gasteiger partial charge in [0.2, 0.25) is 0 Å². The lowest BCUT2D eigenvalue weighted by Gasteiger charge is -2.07. The number of aryl methyl sites for hydroxylation is 1. The second-order valence-corrected chi connectivity index (χ2v) is 8.40. The van der Waals surface area contributed by atoms with Gasteiger partial charge in [-0.05, 0) is 63.6 Å². The van der Waals surface area contributed by atoms with E-state index in [9.17, 15) is 8.42 Å².